The van der Waals surface area contributed by atoms with E-state index in [1.54, 1.807) is 0 Å². The lowest BCUT2D eigenvalue weighted by atomic mass is 9.94. The number of likely N-dealkylation sites (tertiary alicyclic amines) is 1. The first-order valence-corrected chi connectivity index (χ1v) is 12.0. The van der Waals surface area contributed by atoms with E-state index < -0.39 is 0 Å². The van der Waals surface area contributed by atoms with E-state index in [0.29, 0.717) is 0 Å². The summed E-state index contributed by atoms with van der Waals surface area (Å²) < 4.78 is 2.56. The van der Waals surface area contributed by atoms with Crippen LogP contribution in [0.2, 0.25) is 5.02 Å². The molecule has 4 rings (SSSR count). The summed E-state index contributed by atoms with van der Waals surface area (Å²) in [5.74, 6) is 0. The number of nitrogens with one attached hydrogen (secondary N) is 1. The van der Waals surface area contributed by atoms with Gasteiger partial charge in [-0.15, -0.1) is 0 Å². The number of hydrogen-bond acceptors (Lipinski definition) is 4. The molecule has 1 aromatic heterocycles. The van der Waals surface area contributed by atoms with Crippen molar-refractivity contribution >= 4 is 45.0 Å². The average Bonchev–Trinajstić information content (AvgIpc) is 3.23. The van der Waals surface area contributed by atoms with Crippen LogP contribution in [0.25, 0.3) is 10.9 Å². The van der Waals surface area contributed by atoms with Crippen molar-refractivity contribution in [3.63, 3.8) is 0 Å². The number of aromatic nitrogens is 1. The van der Waals surface area contributed by atoms with Crippen LogP contribution in [-0.4, -0.2) is 57.5 Å². The van der Waals surface area contributed by atoms with Crippen LogP contribution in [0.3, 0.4) is 0 Å². The van der Waals surface area contributed by atoms with Gasteiger partial charge in [0.25, 0.3) is 0 Å². The van der Waals surface area contributed by atoms with Crippen LogP contribution in [0, 0.1) is 0 Å². The molecule has 0 unspecified atom stereocenters. The molecule has 4 nitrogen and oxygen atoms in total. The fourth-order valence-corrected chi connectivity index (χ4v) is 5.45. The van der Waals surface area contributed by atoms with Crippen molar-refractivity contribution in [3.05, 3.63) is 47.3 Å². The van der Waals surface area contributed by atoms with Crippen molar-refractivity contribution < 1.29 is 28.6 Å². The second-order valence-electron chi connectivity index (χ2n) is 8.46. The predicted octanol–water partition coefficient (Wildman–Crippen LogP) is 2.24. The van der Waals surface area contributed by atoms with Crippen LogP contribution in [0.4, 0.5) is 5.69 Å². The maximum atomic E-state index is 6.12. The summed E-state index contributed by atoms with van der Waals surface area (Å²) in [6, 6.07) is 7.93. The van der Waals surface area contributed by atoms with Crippen molar-refractivity contribution in [1.29, 1.82) is 0 Å². The van der Waals surface area contributed by atoms with Gasteiger partial charge in [-0.05, 0) is 43.4 Å². The maximum absolute atomic E-state index is 6.12. The first-order chi connectivity index (χ1) is 14.0. The summed E-state index contributed by atoms with van der Waals surface area (Å²) in [6.45, 7) is 9.01. The lowest BCUT2D eigenvalue weighted by Crippen LogP contribution is -3.00. The highest BCUT2D eigenvalue weighted by Gasteiger charge is 2.39. The fraction of sp³-hybridized carbons (Fsp3) is 0.478. The summed E-state index contributed by atoms with van der Waals surface area (Å²) in [5.41, 5.74) is 3.66. The van der Waals surface area contributed by atoms with Gasteiger partial charge in [-0.25, -0.2) is 4.58 Å². The van der Waals surface area contributed by atoms with Gasteiger partial charge in [-0.3, -0.25) is 4.98 Å². The normalized spacial score (nSPS) is 18.4. The van der Waals surface area contributed by atoms with Gasteiger partial charge in [-0.2, -0.15) is 0 Å². The van der Waals surface area contributed by atoms with Crippen LogP contribution in [0.15, 0.2) is 42.2 Å². The Morgan fingerprint density at radius 3 is 2.73 bits per heavy atom. The van der Waals surface area contributed by atoms with Gasteiger partial charge < -0.3 is 34.2 Å². The molecule has 1 fully saturated rings. The van der Waals surface area contributed by atoms with Crippen molar-refractivity contribution in [2.45, 2.75) is 38.6 Å². The molecule has 2 aliphatic rings. The second kappa shape index (κ2) is 10.1. The third kappa shape index (κ3) is 5.07. The minimum Gasteiger partial charge on any atom is -1.00 e. The number of benzene rings is 1. The van der Waals surface area contributed by atoms with E-state index >= 15 is 0 Å². The van der Waals surface area contributed by atoms with Crippen LogP contribution >= 0.6 is 23.4 Å². The molecule has 30 heavy (non-hydrogen) atoms. The Labute approximate surface area is 206 Å². The van der Waals surface area contributed by atoms with E-state index in [1.807, 2.05) is 42.2 Å². The van der Waals surface area contributed by atoms with Crippen molar-refractivity contribution in [2.75, 3.05) is 37.8 Å². The van der Waals surface area contributed by atoms with Crippen LogP contribution in [0.1, 0.15) is 33.1 Å². The number of halogens is 2. The summed E-state index contributed by atoms with van der Waals surface area (Å²) in [5, 5.41) is 6.83. The number of anilines is 1. The summed E-state index contributed by atoms with van der Waals surface area (Å²) >= 11 is 7.97. The molecule has 1 aromatic carbocycles. The van der Waals surface area contributed by atoms with Crippen molar-refractivity contribution in [1.82, 2.24) is 9.88 Å². The Morgan fingerprint density at radius 2 is 2.00 bits per heavy atom. The van der Waals surface area contributed by atoms with E-state index in [4.69, 9.17) is 11.6 Å². The van der Waals surface area contributed by atoms with Gasteiger partial charge in [0, 0.05) is 61.0 Å². The number of rotatable bonds is 5. The van der Waals surface area contributed by atoms with Crippen molar-refractivity contribution in [2.24, 2.45) is 0 Å². The molecule has 0 aliphatic carbocycles. The molecule has 0 amide bonds. The molecule has 1 N–H and O–H groups in total. The predicted molar refractivity (Wildman–Crippen MR) is 126 cm³/mol. The molecular formula is C23H30ClIN4S. The van der Waals surface area contributed by atoms with Gasteiger partial charge in [0.15, 0.2) is 12.1 Å². The minimum atomic E-state index is 0. The van der Waals surface area contributed by atoms with E-state index in [0.717, 1.165) is 41.1 Å². The van der Waals surface area contributed by atoms with Crippen LogP contribution in [-0.2, 0) is 0 Å². The monoisotopic (exact) mass is 556 g/mol. The molecule has 7 heteroatoms. The quantitative estimate of drug-likeness (QED) is 0.452. The lowest BCUT2D eigenvalue weighted by Gasteiger charge is -2.33. The first kappa shape index (κ1) is 23.7. The number of pyridine rings is 1. The Hall–Kier alpha value is -0.990. The Morgan fingerprint density at radius 1 is 1.23 bits per heavy atom. The third-order valence-electron chi connectivity index (χ3n) is 5.98. The molecular weight excluding hydrogens is 527 g/mol. The van der Waals surface area contributed by atoms with Gasteiger partial charge in [-0.1, -0.05) is 23.4 Å². The molecule has 0 spiro atoms. The topological polar surface area (TPSA) is 31.2 Å². The highest BCUT2D eigenvalue weighted by molar-refractivity contribution is 8.13. The van der Waals surface area contributed by atoms with Gasteiger partial charge >= 0.3 is 0 Å². The average molecular weight is 557 g/mol. The second-order valence-corrected chi connectivity index (χ2v) is 9.72. The van der Waals surface area contributed by atoms with E-state index in [1.165, 1.54) is 36.7 Å². The largest absolute Gasteiger partial charge is 1.00 e. The highest BCUT2D eigenvalue weighted by atomic mass is 127. The molecule has 2 aromatic rings. The number of hydrogen-bond donors (Lipinski definition) is 1. The maximum Gasteiger partial charge on any atom is 0.236 e. The summed E-state index contributed by atoms with van der Waals surface area (Å²) in [4.78, 5) is 7.03. The van der Waals surface area contributed by atoms with Gasteiger partial charge in [0.1, 0.15) is 0 Å². The molecule has 0 atom stereocenters. The molecule has 0 radical (unpaired) electrons. The van der Waals surface area contributed by atoms with Crippen LogP contribution < -0.4 is 29.3 Å². The number of fused-ring (bicyclic) bond motifs is 1. The minimum absolute atomic E-state index is 0. The lowest BCUT2D eigenvalue weighted by molar-refractivity contribution is -0.597. The Kier molecular flexibility index (Phi) is 7.96. The van der Waals surface area contributed by atoms with Crippen molar-refractivity contribution in [3.8, 4) is 0 Å². The SMILES string of the molecule is CSC1=[N+](CCNc2ccnc3cc(Cl)ccc23)C(C)(C)CC(N2CCCC2)=C1.[I-]. The zero-order chi connectivity index (χ0) is 20.4. The zero-order valence-electron chi connectivity index (χ0n) is 17.9. The summed E-state index contributed by atoms with van der Waals surface area (Å²) in [7, 11) is 0. The molecule has 1 saturated heterocycles. The van der Waals surface area contributed by atoms with Gasteiger partial charge in [0.05, 0.1) is 18.5 Å². The van der Waals surface area contributed by atoms with E-state index in [9.17, 15) is 0 Å². The molecule has 3 heterocycles. The fourth-order valence-electron chi connectivity index (χ4n) is 4.48. The van der Waals surface area contributed by atoms with E-state index in [-0.39, 0.29) is 29.5 Å². The number of thioether (sulfide) groups is 1. The molecule has 0 bridgehead atoms. The molecule has 162 valence electrons. The zero-order valence-corrected chi connectivity index (χ0v) is 21.6. The number of nitrogens with zero attached hydrogens (tertiary/aromatic N) is 3. The highest BCUT2D eigenvalue weighted by Crippen LogP contribution is 2.31. The summed E-state index contributed by atoms with van der Waals surface area (Å²) in [6.07, 6.45) is 10.2. The standard InChI is InChI=1S/C23H30ClN4S.HI/c1-23(2)16-18(27-11-4-5-12-27)15-22(29-3)28(23)13-10-26-20-8-9-25-21-14-17(24)6-7-19(20)21;/h6-9,14-15H,4-5,10-13,16H2,1-3H3,(H,25,26);1H/q+1;/p-1. The Bertz CT molecular complexity index is 967. The first-order valence-electron chi connectivity index (χ1n) is 10.4. The Balaban J connectivity index is 0.00000256. The molecule has 0 saturated carbocycles. The smallest absolute Gasteiger partial charge is 0.236 e. The van der Waals surface area contributed by atoms with Gasteiger partial charge in [0.2, 0.25) is 5.04 Å². The molecule has 2 aliphatic heterocycles. The van der Waals surface area contributed by atoms with E-state index in [2.05, 4.69) is 46.0 Å². The third-order valence-corrected chi connectivity index (χ3v) is 6.97. The van der Waals surface area contributed by atoms with Crippen LogP contribution in [0.5, 0.6) is 0 Å².